The Kier molecular flexibility index (Phi) is 10.3. The molecule has 0 saturated carbocycles. The summed E-state index contributed by atoms with van der Waals surface area (Å²) in [5, 5.41) is 13.8. The lowest BCUT2D eigenvalue weighted by atomic mass is 9.98. The van der Waals surface area contributed by atoms with E-state index in [-0.39, 0.29) is 11.7 Å². The van der Waals surface area contributed by atoms with Crippen molar-refractivity contribution in [3.05, 3.63) is 46.8 Å². The molecule has 0 aliphatic rings. The van der Waals surface area contributed by atoms with Gasteiger partial charge in [0.25, 0.3) is 0 Å². The van der Waals surface area contributed by atoms with Crippen molar-refractivity contribution in [1.82, 2.24) is 4.98 Å². The number of carbonyl (C=O) groups excluding carboxylic acids is 2. The van der Waals surface area contributed by atoms with E-state index >= 15 is 0 Å². The maximum atomic E-state index is 13.6. The number of ether oxygens (including phenoxy) is 3. The number of aliphatic imine (C=N–C) groups is 1. The average Bonchev–Trinajstić information content (AvgIpc) is 3.39. The van der Waals surface area contributed by atoms with E-state index in [0.29, 0.717) is 57.2 Å². The van der Waals surface area contributed by atoms with Crippen LogP contribution < -0.4 is 30.6 Å². The van der Waals surface area contributed by atoms with Crippen LogP contribution in [0, 0.1) is 11.3 Å². The standard InChI is InChI=1S/C27H32N6O5S/c1-15(2)8-19(29)26(35)33-27-32-21(12-39-27)16-6-7-18(20(9-16)31-14-30-13-28)24(34)17-10-22(36-3)25(38-5)23(11-17)37-4/h6-7,9-15,19H,8,29H2,1-5H3,(H2,28,30,31)(H,32,33,35)/p+1/t19-/m0/s1. The van der Waals surface area contributed by atoms with Crippen molar-refractivity contribution < 1.29 is 29.1 Å². The minimum Gasteiger partial charge on any atom is -0.493 e. The van der Waals surface area contributed by atoms with Gasteiger partial charge in [-0.2, -0.15) is 4.99 Å². The number of nitrogens with zero attached hydrogens (tertiary/aromatic N) is 2. The molecule has 0 fully saturated rings. The van der Waals surface area contributed by atoms with E-state index in [0.717, 1.165) is 11.9 Å². The van der Waals surface area contributed by atoms with Gasteiger partial charge in [0.2, 0.25) is 11.7 Å². The number of hydrogen-bond acceptors (Lipinski definition) is 9. The lowest BCUT2D eigenvalue weighted by Gasteiger charge is -2.14. The molecule has 0 aliphatic heterocycles. The van der Waals surface area contributed by atoms with Gasteiger partial charge < -0.3 is 25.3 Å². The molecule has 6 N–H and O–H groups in total. The number of nitrogens with one attached hydrogen (secondary N) is 2. The van der Waals surface area contributed by atoms with Crippen LogP contribution in [-0.2, 0) is 4.79 Å². The summed E-state index contributed by atoms with van der Waals surface area (Å²) in [4.78, 5) is 34.4. The van der Waals surface area contributed by atoms with Gasteiger partial charge >= 0.3 is 0 Å². The molecular formula is C27H33N6O5S+. The van der Waals surface area contributed by atoms with Gasteiger partial charge in [0.15, 0.2) is 28.8 Å². The number of hydrogen-bond donors (Lipinski definition) is 4. The van der Waals surface area contributed by atoms with Gasteiger partial charge in [-0.1, -0.05) is 19.9 Å². The quantitative estimate of drug-likeness (QED) is 0.109. The number of methoxy groups -OCH3 is 3. The summed E-state index contributed by atoms with van der Waals surface area (Å²) in [6.45, 7) is 4.01. The topological polar surface area (TPSA) is 166 Å². The van der Waals surface area contributed by atoms with Gasteiger partial charge in [-0.05, 0) is 30.5 Å². The number of amides is 1. The summed E-state index contributed by atoms with van der Waals surface area (Å²) < 4.78 is 16.2. The summed E-state index contributed by atoms with van der Waals surface area (Å²) in [7, 11) is 4.46. The number of anilines is 1. The smallest absolute Gasteiger partial charge is 0.243 e. The lowest BCUT2D eigenvalue weighted by Crippen LogP contribution is -2.76. The molecule has 1 atom stereocenters. The molecular weight excluding hydrogens is 520 g/mol. The minimum absolute atomic E-state index is 0.277. The molecule has 1 aromatic heterocycles. The largest absolute Gasteiger partial charge is 0.493 e. The number of rotatable bonds is 13. The second-order valence-corrected chi connectivity index (χ2v) is 9.76. The summed E-state index contributed by atoms with van der Waals surface area (Å²) in [6, 6.07) is 7.83. The highest BCUT2D eigenvalue weighted by atomic mass is 32.1. The Bertz CT molecular complexity index is 1350. The second-order valence-electron chi connectivity index (χ2n) is 8.90. The molecule has 12 heteroatoms. The van der Waals surface area contributed by atoms with Crippen molar-refractivity contribution >= 4 is 46.5 Å². The van der Waals surface area contributed by atoms with E-state index in [1.54, 1.807) is 35.6 Å². The average molecular weight is 554 g/mol. The number of quaternary nitrogens is 1. The van der Waals surface area contributed by atoms with Gasteiger partial charge in [0.1, 0.15) is 12.0 Å². The Morgan fingerprint density at radius 3 is 2.44 bits per heavy atom. The van der Waals surface area contributed by atoms with Crippen LogP contribution in [0.2, 0.25) is 0 Å². The Balaban J connectivity index is 1.95. The molecule has 3 rings (SSSR count). The number of thiazole rings is 1. The van der Waals surface area contributed by atoms with E-state index in [1.807, 2.05) is 19.2 Å². The third-order valence-electron chi connectivity index (χ3n) is 5.73. The molecule has 1 amide bonds. The maximum Gasteiger partial charge on any atom is 0.243 e. The molecule has 11 nitrogen and oxygen atoms in total. The lowest BCUT2D eigenvalue weighted by molar-refractivity contribution is -0.432. The summed E-state index contributed by atoms with van der Waals surface area (Å²) in [5.74, 6) is 0.836. The molecule has 1 heterocycles. The Morgan fingerprint density at radius 2 is 1.85 bits per heavy atom. The first-order chi connectivity index (χ1) is 18.7. The number of aromatic nitrogens is 1. The van der Waals surface area contributed by atoms with Crippen LogP contribution in [0.4, 0.5) is 10.8 Å². The van der Waals surface area contributed by atoms with Crippen LogP contribution in [-0.4, -0.2) is 56.7 Å². The highest BCUT2D eigenvalue weighted by Gasteiger charge is 2.23. The van der Waals surface area contributed by atoms with Crippen molar-refractivity contribution in [2.24, 2.45) is 16.6 Å². The van der Waals surface area contributed by atoms with Crippen LogP contribution in [0.15, 0.2) is 40.7 Å². The van der Waals surface area contributed by atoms with E-state index in [4.69, 9.17) is 25.4 Å². The molecule has 0 spiro atoms. The zero-order valence-corrected chi connectivity index (χ0v) is 23.3. The van der Waals surface area contributed by atoms with Gasteiger partial charge in [0, 0.05) is 22.6 Å². The van der Waals surface area contributed by atoms with Crippen molar-refractivity contribution in [3.63, 3.8) is 0 Å². The maximum absolute atomic E-state index is 13.6. The zero-order valence-electron chi connectivity index (χ0n) is 22.5. The molecule has 0 saturated heterocycles. The van der Waals surface area contributed by atoms with Gasteiger partial charge in [-0.15, -0.1) is 11.3 Å². The fourth-order valence-corrected chi connectivity index (χ4v) is 4.60. The Morgan fingerprint density at radius 1 is 1.15 bits per heavy atom. The predicted octanol–water partition coefficient (Wildman–Crippen LogP) is 3.21. The van der Waals surface area contributed by atoms with Gasteiger partial charge in [0.05, 0.1) is 38.6 Å². The first-order valence-corrected chi connectivity index (χ1v) is 13.0. The number of ketones is 1. The molecule has 0 bridgehead atoms. The molecule has 3 aromatic rings. The molecule has 39 heavy (non-hydrogen) atoms. The van der Waals surface area contributed by atoms with Crippen molar-refractivity contribution in [1.29, 1.82) is 5.41 Å². The van der Waals surface area contributed by atoms with Crippen molar-refractivity contribution in [2.75, 3.05) is 26.6 Å². The Hall–Kier alpha value is -4.13. The van der Waals surface area contributed by atoms with E-state index < -0.39 is 6.04 Å². The highest BCUT2D eigenvalue weighted by Crippen LogP contribution is 2.39. The Labute approximate surface area is 230 Å². The number of benzene rings is 2. The van der Waals surface area contributed by atoms with Crippen LogP contribution in [0.5, 0.6) is 17.2 Å². The van der Waals surface area contributed by atoms with Crippen molar-refractivity contribution in [2.45, 2.75) is 26.3 Å². The summed E-state index contributed by atoms with van der Waals surface area (Å²) in [5.41, 5.74) is 8.64. The normalized spacial score (nSPS) is 11.9. The fraction of sp³-hybridized carbons (Fsp3) is 0.296. The van der Waals surface area contributed by atoms with Crippen LogP contribution in [0.3, 0.4) is 0 Å². The minimum atomic E-state index is -0.618. The molecule has 206 valence electrons. The highest BCUT2D eigenvalue weighted by molar-refractivity contribution is 7.14. The summed E-state index contributed by atoms with van der Waals surface area (Å²) >= 11 is 1.28. The van der Waals surface area contributed by atoms with E-state index in [1.165, 1.54) is 39.0 Å². The first kappa shape index (κ1) is 29.4. The zero-order chi connectivity index (χ0) is 28.5. The van der Waals surface area contributed by atoms with E-state index in [2.05, 4.69) is 15.3 Å². The van der Waals surface area contributed by atoms with Gasteiger partial charge in [-0.25, -0.2) is 4.98 Å². The molecule has 2 aromatic carbocycles. The molecule has 0 aliphatic carbocycles. The fourth-order valence-electron chi connectivity index (χ4n) is 3.88. The monoisotopic (exact) mass is 553 g/mol. The summed E-state index contributed by atoms with van der Waals surface area (Å²) in [6.07, 6.45) is 2.91. The third kappa shape index (κ3) is 7.25. The van der Waals surface area contributed by atoms with Crippen LogP contribution >= 0.6 is 11.3 Å². The second kappa shape index (κ2) is 13.6. The number of carbonyl (C=O) groups is 2. The third-order valence-corrected chi connectivity index (χ3v) is 6.49. The molecule has 0 radical (unpaired) electrons. The number of nitrogens with two attached hydrogens (primary N) is 2. The first-order valence-electron chi connectivity index (χ1n) is 12.1. The SMILES string of the molecule is COc1cc(C(=O)c2ccc(-c3csc(NC(=O)[C@@H](N)CC(C)C)n3)cc2[NH2+]C=NC=N)cc(OC)c1OC. The van der Waals surface area contributed by atoms with Gasteiger partial charge in [-0.3, -0.25) is 20.3 Å². The van der Waals surface area contributed by atoms with Crippen LogP contribution in [0.25, 0.3) is 11.3 Å². The van der Waals surface area contributed by atoms with Crippen molar-refractivity contribution in [3.8, 4) is 28.5 Å². The van der Waals surface area contributed by atoms with E-state index in [9.17, 15) is 9.59 Å². The van der Waals surface area contributed by atoms with Crippen LogP contribution in [0.1, 0.15) is 36.2 Å². The molecule has 0 unspecified atom stereocenters. The predicted molar refractivity (Wildman–Crippen MR) is 152 cm³/mol.